The van der Waals surface area contributed by atoms with E-state index in [9.17, 15) is 9.18 Å². The fraction of sp³-hybridized carbons (Fsp3) is 0.333. The minimum Gasteiger partial charge on any atom is -0.326 e. The number of halogens is 1. The Hall–Kier alpha value is -2.17. The number of amides is 1. The van der Waals surface area contributed by atoms with Gasteiger partial charge in [0.25, 0.3) is 0 Å². The number of hydrogen-bond donors (Lipinski definition) is 1. The maximum absolute atomic E-state index is 12.8. The van der Waals surface area contributed by atoms with Crippen molar-refractivity contribution in [2.24, 2.45) is 0 Å². The van der Waals surface area contributed by atoms with Crippen LogP contribution in [-0.2, 0) is 4.79 Å². The quantitative estimate of drug-likeness (QED) is 0.931. The Morgan fingerprint density at radius 1 is 1.35 bits per heavy atom. The van der Waals surface area contributed by atoms with Crippen molar-refractivity contribution in [1.82, 2.24) is 9.78 Å². The van der Waals surface area contributed by atoms with Crippen LogP contribution < -0.4 is 5.32 Å². The van der Waals surface area contributed by atoms with Crippen LogP contribution in [0.2, 0.25) is 0 Å². The van der Waals surface area contributed by atoms with Crippen LogP contribution >= 0.6 is 0 Å². The number of carbonyl (C=O) groups excluding carboxylic acids is 1. The molecule has 0 unspecified atom stereocenters. The molecule has 0 radical (unpaired) electrons. The van der Waals surface area contributed by atoms with Gasteiger partial charge in [-0.15, -0.1) is 0 Å². The average Bonchev–Trinajstić information content (AvgIpc) is 2.71. The SMILES string of the molecule is Cc1cc(C)n([C@H](C)CC(=O)Nc2ccc(F)cc2)n1. The lowest BCUT2D eigenvalue weighted by atomic mass is 10.2. The van der Waals surface area contributed by atoms with Crippen molar-refractivity contribution in [2.75, 3.05) is 5.32 Å². The Balaban J connectivity index is 1.97. The predicted molar refractivity (Wildman–Crippen MR) is 76.1 cm³/mol. The van der Waals surface area contributed by atoms with E-state index in [0.717, 1.165) is 11.4 Å². The monoisotopic (exact) mass is 275 g/mol. The maximum atomic E-state index is 12.8. The molecule has 1 amide bonds. The Bertz CT molecular complexity index is 604. The first kappa shape index (κ1) is 14.2. The first-order valence-corrected chi connectivity index (χ1v) is 6.54. The van der Waals surface area contributed by atoms with Crippen molar-refractivity contribution >= 4 is 11.6 Å². The lowest BCUT2D eigenvalue weighted by Gasteiger charge is -2.14. The van der Waals surface area contributed by atoms with Crippen molar-refractivity contribution in [3.63, 3.8) is 0 Å². The summed E-state index contributed by atoms with van der Waals surface area (Å²) in [6.07, 6.45) is 0.319. The average molecular weight is 275 g/mol. The highest BCUT2D eigenvalue weighted by Gasteiger charge is 2.14. The van der Waals surface area contributed by atoms with Gasteiger partial charge in [-0.05, 0) is 51.1 Å². The molecule has 0 fully saturated rings. The maximum Gasteiger partial charge on any atom is 0.226 e. The number of hydrogen-bond acceptors (Lipinski definition) is 2. The van der Waals surface area contributed by atoms with Crippen LogP contribution in [0.3, 0.4) is 0 Å². The Kier molecular flexibility index (Phi) is 4.17. The van der Waals surface area contributed by atoms with Crippen molar-refractivity contribution in [3.05, 3.63) is 47.5 Å². The number of benzene rings is 1. The number of nitrogens with zero attached hydrogens (tertiary/aromatic N) is 2. The topological polar surface area (TPSA) is 46.9 Å². The number of aromatic nitrogens is 2. The van der Waals surface area contributed by atoms with E-state index < -0.39 is 0 Å². The molecule has 0 aliphatic carbocycles. The molecule has 2 rings (SSSR count). The van der Waals surface area contributed by atoms with Gasteiger partial charge in [0.15, 0.2) is 0 Å². The fourth-order valence-corrected chi connectivity index (χ4v) is 2.19. The lowest BCUT2D eigenvalue weighted by molar-refractivity contribution is -0.116. The molecule has 1 aromatic carbocycles. The van der Waals surface area contributed by atoms with Crippen LogP contribution in [0.25, 0.3) is 0 Å². The Morgan fingerprint density at radius 2 is 2.00 bits per heavy atom. The zero-order valence-electron chi connectivity index (χ0n) is 11.9. The molecule has 2 aromatic rings. The van der Waals surface area contributed by atoms with Gasteiger partial charge in [-0.1, -0.05) is 0 Å². The summed E-state index contributed by atoms with van der Waals surface area (Å²) in [6, 6.07) is 7.68. The minimum atomic E-state index is -0.320. The molecular weight excluding hydrogens is 257 g/mol. The second-order valence-electron chi connectivity index (χ2n) is 4.98. The van der Waals surface area contributed by atoms with Crippen LogP contribution in [0, 0.1) is 19.7 Å². The highest BCUT2D eigenvalue weighted by Crippen LogP contribution is 2.16. The molecule has 1 atom stereocenters. The van der Waals surface area contributed by atoms with Crippen molar-refractivity contribution < 1.29 is 9.18 Å². The molecule has 106 valence electrons. The van der Waals surface area contributed by atoms with Gasteiger partial charge < -0.3 is 5.32 Å². The largest absolute Gasteiger partial charge is 0.326 e. The molecule has 1 heterocycles. The van der Waals surface area contributed by atoms with Crippen LogP contribution in [0.15, 0.2) is 30.3 Å². The number of aryl methyl sites for hydroxylation is 2. The predicted octanol–water partition coefficient (Wildman–Crippen LogP) is 3.23. The van der Waals surface area contributed by atoms with E-state index in [1.54, 1.807) is 12.1 Å². The third-order valence-electron chi connectivity index (χ3n) is 3.07. The van der Waals surface area contributed by atoms with Crippen LogP contribution in [0.5, 0.6) is 0 Å². The van der Waals surface area contributed by atoms with Gasteiger partial charge in [0.05, 0.1) is 11.7 Å². The van der Waals surface area contributed by atoms with Gasteiger partial charge >= 0.3 is 0 Å². The van der Waals surface area contributed by atoms with Gasteiger partial charge in [-0.3, -0.25) is 9.48 Å². The zero-order valence-corrected chi connectivity index (χ0v) is 11.9. The molecule has 0 aliphatic heterocycles. The summed E-state index contributed by atoms with van der Waals surface area (Å²) >= 11 is 0. The van der Waals surface area contributed by atoms with Gasteiger partial charge in [0.1, 0.15) is 5.82 Å². The van der Waals surface area contributed by atoms with E-state index in [0.29, 0.717) is 12.1 Å². The van der Waals surface area contributed by atoms with Crippen LogP contribution in [-0.4, -0.2) is 15.7 Å². The van der Waals surface area contributed by atoms with Crippen molar-refractivity contribution in [3.8, 4) is 0 Å². The van der Waals surface area contributed by atoms with E-state index in [4.69, 9.17) is 0 Å². The smallest absolute Gasteiger partial charge is 0.226 e. The summed E-state index contributed by atoms with van der Waals surface area (Å²) in [5.74, 6) is -0.435. The summed E-state index contributed by atoms with van der Waals surface area (Å²) < 4.78 is 14.6. The summed E-state index contributed by atoms with van der Waals surface area (Å²) in [5.41, 5.74) is 2.56. The van der Waals surface area contributed by atoms with E-state index in [1.807, 2.05) is 31.5 Å². The van der Waals surface area contributed by atoms with E-state index in [2.05, 4.69) is 10.4 Å². The standard InChI is InChI=1S/C15H18FN3O/c1-10-8-11(2)19(18-10)12(3)9-15(20)17-14-6-4-13(16)5-7-14/h4-8,12H,9H2,1-3H3,(H,17,20)/t12-/m1/s1. The molecule has 5 heteroatoms. The van der Waals surface area contributed by atoms with Crippen molar-refractivity contribution in [2.45, 2.75) is 33.2 Å². The zero-order chi connectivity index (χ0) is 14.7. The van der Waals surface area contributed by atoms with E-state index >= 15 is 0 Å². The molecular formula is C15H18FN3O. The molecule has 0 saturated carbocycles. The number of rotatable bonds is 4. The fourth-order valence-electron chi connectivity index (χ4n) is 2.19. The summed E-state index contributed by atoms with van der Waals surface area (Å²) in [4.78, 5) is 12.0. The second kappa shape index (κ2) is 5.86. The third kappa shape index (κ3) is 3.44. The third-order valence-corrected chi connectivity index (χ3v) is 3.07. The molecule has 0 spiro atoms. The second-order valence-corrected chi connectivity index (χ2v) is 4.98. The van der Waals surface area contributed by atoms with Gasteiger partial charge in [0, 0.05) is 17.8 Å². The van der Waals surface area contributed by atoms with E-state index in [-0.39, 0.29) is 17.8 Å². The first-order chi connectivity index (χ1) is 9.45. The number of anilines is 1. The number of nitrogens with one attached hydrogen (secondary N) is 1. The Morgan fingerprint density at radius 3 is 2.55 bits per heavy atom. The summed E-state index contributed by atoms with van der Waals surface area (Å²) in [5, 5.41) is 7.12. The van der Waals surface area contributed by atoms with Gasteiger partial charge in [0.2, 0.25) is 5.91 Å². The normalized spacial score (nSPS) is 12.2. The van der Waals surface area contributed by atoms with Gasteiger partial charge in [-0.25, -0.2) is 4.39 Å². The van der Waals surface area contributed by atoms with Gasteiger partial charge in [-0.2, -0.15) is 5.10 Å². The molecule has 20 heavy (non-hydrogen) atoms. The van der Waals surface area contributed by atoms with Crippen molar-refractivity contribution in [1.29, 1.82) is 0 Å². The molecule has 0 saturated heterocycles. The first-order valence-electron chi connectivity index (χ1n) is 6.54. The Labute approximate surface area is 117 Å². The molecule has 1 aromatic heterocycles. The lowest BCUT2D eigenvalue weighted by Crippen LogP contribution is -2.19. The van der Waals surface area contributed by atoms with E-state index in [1.165, 1.54) is 12.1 Å². The number of carbonyl (C=O) groups is 1. The molecule has 0 aliphatic rings. The van der Waals surface area contributed by atoms with Crippen LogP contribution in [0.4, 0.5) is 10.1 Å². The molecule has 4 nitrogen and oxygen atoms in total. The summed E-state index contributed by atoms with van der Waals surface area (Å²) in [7, 11) is 0. The van der Waals surface area contributed by atoms with Crippen LogP contribution in [0.1, 0.15) is 30.8 Å². The highest BCUT2D eigenvalue weighted by molar-refractivity contribution is 5.90. The molecule has 0 bridgehead atoms. The summed E-state index contributed by atoms with van der Waals surface area (Å²) in [6.45, 7) is 5.84. The minimum absolute atomic E-state index is 0.0239. The molecule has 1 N–H and O–H groups in total. The highest BCUT2D eigenvalue weighted by atomic mass is 19.1.